The van der Waals surface area contributed by atoms with E-state index in [1.807, 2.05) is 27.3 Å². The minimum absolute atomic E-state index is 0.0791. The molecular weight excluding hydrogens is 403 g/mol. The highest BCUT2D eigenvalue weighted by Crippen LogP contribution is 2.23. The average molecular weight is 414 g/mol. The van der Waals surface area contributed by atoms with Gasteiger partial charge in [0.25, 0.3) is 5.69 Å². The summed E-state index contributed by atoms with van der Waals surface area (Å²) in [5, 5.41) is 19.7. The molecule has 0 aliphatic heterocycles. The van der Waals surface area contributed by atoms with Crippen molar-refractivity contribution in [2.75, 3.05) is 4.43 Å². The zero-order valence-corrected chi connectivity index (χ0v) is 13.0. The SMILES string of the molecule is O=C(O)[C@H](CCI)NS(=O)(=O)c1ccccc1[N+](=O)[O-]. The summed E-state index contributed by atoms with van der Waals surface area (Å²) in [7, 11) is -4.28. The number of alkyl halides is 1. The van der Waals surface area contributed by atoms with Crippen molar-refractivity contribution in [2.45, 2.75) is 17.4 Å². The number of carbonyl (C=O) groups is 1. The Kier molecular flexibility index (Phi) is 5.83. The van der Waals surface area contributed by atoms with Crippen molar-refractivity contribution < 1.29 is 23.2 Å². The van der Waals surface area contributed by atoms with Gasteiger partial charge in [0.1, 0.15) is 6.04 Å². The van der Waals surface area contributed by atoms with Crippen LogP contribution in [0.15, 0.2) is 29.2 Å². The lowest BCUT2D eigenvalue weighted by atomic mass is 10.2. The van der Waals surface area contributed by atoms with Crippen LogP contribution in [0.5, 0.6) is 0 Å². The highest BCUT2D eigenvalue weighted by Gasteiger charge is 2.30. The fourth-order valence-electron chi connectivity index (χ4n) is 1.43. The van der Waals surface area contributed by atoms with Crippen molar-refractivity contribution in [3.05, 3.63) is 34.4 Å². The second-order valence-corrected chi connectivity index (χ2v) is 6.48. The highest BCUT2D eigenvalue weighted by molar-refractivity contribution is 14.1. The molecule has 0 saturated heterocycles. The Hall–Kier alpha value is -1.27. The zero-order valence-electron chi connectivity index (χ0n) is 10.0. The van der Waals surface area contributed by atoms with E-state index in [1.54, 1.807) is 0 Å². The largest absolute Gasteiger partial charge is 0.480 e. The van der Waals surface area contributed by atoms with E-state index in [9.17, 15) is 23.3 Å². The molecule has 0 heterocycles. The fourth-order valence-corrected chi connectivity index (χ4v) is 3.45. The number of hydrogen-bond acceptors (Lipinski definition) is 5. The van der Waals surface area contributed by atoms with Gasteiger partial charge in [0, 0.05) is 10.5 Å². The number of aliphatic carboxylic acids is 1. The molecule has 0 fully saturated rings. The number of benzene rings is 1. The number of halogens is 1. The molecule has 20 heavy (non-hydrogen) atoms. The Balaban J connectivity index is 3.17. The summed E-state index contributed by atoms with van der Waals surface area (Å²) in [5.41, 5.74) is -0.599. The minimum atomic E-state index is -4.28. The molecule has 1 atom stereocenters. The summed E-state index contributed by atoms with van der Waals surface area (Å²) in [5.74, 6) is -1.33. The van der Waals surface area contributed by atoms with E-state index in [0.717, 1.165) is 12.1 Å². The molecular formula is C10H11IN2O6S. The number of carboxylic acids is 1. The lowest BCUT2D eigenvalue weighted by Crippen LogP contribution is -2.41. The van der Waals surface area contributed by atoms with Crippen LogP contribution in [-0.2, 0) is 14.8 Å². The lowest BCUT2D eigenvalue weighted by Gasteiger charge is -2.13. The van der Waals surface area contributed by atoms with Crippen LogP contribution >= 0.6 is 22.6 Å². The molecule has 0 aliphatic rings. The molecule has 0 aliphatic carbocycles. The van der Waals surface area contributed by atoms with E-state index in [1.165, 1.54) is 12.1 Å². The Morgan fingerprint density at radius 1 is 1.45 bits per heavy atom. The summed E-state index contributed by atoms with van der Waals surface area (Å²) in [6.45, 7) is 0. The van der Waals surface area contributed by atoms with Crippen molar-refractivity contribution >= 4 is 44.3 Å². The molecule has 0 radical (unpaired) electrons. The smallest absolute Gasteiger partial charge is 0.321 e. The van der Waals surface area contributed by atoms with Gasteiger partial charge in [0.15, 0.2) is 4.90 Å². The van der Waals surface area contributed by atoms with E-state index in [0.29, 0.717) is 4.43 Å². The quantitative estimate of drug-likeness (QED) is 0.298. The fraction of sp³-hybridized carbons (Fsp3) is 0.300. The van der Waals surface area contributed by atoms with E-state index in [4.69, 9.17) is 5.11 Å². The van der Waals surface area contributed by atoms with Crippen LogP contribution in [0.3, 0.4) is 0 Å². The number of nitro benzene ring substituents is 1. The van der Waals surface area contributed by atoms with Gasteiger partial charge >= 0.3 is 5.97 Å². The second kappa shape index (κ2) is 6.95. The zero-order chi connectivity index (χ0) is 15.3. The van der Waals surface area contributed by atoms with E-state index >= 15 is 0 Å². The van der Waals surface area contributed by atoms with Gasteiger partial charge in [-0.05, 0) is 12.5 Å². The van der Waals surface area contributed by atoms with Crippen LogP contribution in [0.25, 0.3) is 0 Å². The number of nitrogens with one attached hydrogen (secondary N) is 1. The summed E-state index contributed by atoms with van der Waals surface area (Å²) in [6.07, 6.45) is 0.0791. The number of sulfonamides is 1. The molecule has 2 N–H and O–H groups in total. The molecule has 1 aromatic carbocycles. The maximum Gasteiger partial charge on any atom is 0.321 e. The Morgan fingerprint density at radius 3 is 2.55 bits per heavy atom. The highest BCUT2D eigenvalue weighted by atomic mass is 127. The summed E-state index contributed by atoms with van der Waals surface area (Å²) >= 11 is 1.91. The van der Waals surface area contributed by atoms with Crippen LogP contribution in [0, 0.1) is 10.1 Å². The predicted molar refractivity (Wildman–Crippen MR) is 78.3 cm³/mol. The number of carboxylic acid groups (broad SMARTS) is 1. The lowest BCUT2D eigenvalue weighted by molar-refractivity contribution is -0.387. The van der Waals surface area contributed by atoms with Crippen LogP contribution in [0.1, 0.15) is 6.42 Å². The van der Waals surface area contributed by atoms with E-state index in [2.05, 4.69) is 0 Å². The molecule has 8 nitrogen and oxygen atoms in total. The number of nitrogens with zero attached hydrogens (tertiary/aromatic N) is 1. The summed E-state index contributed by atoms with van der Waals surface area (Å²) in [4.78, 5) is 20.4. The van der Waals surface area contributed by atoms with Crippen LogP contribution in [0.2, 0.25) is 0 Å². The van der Waals surface area contributed by atoms with Gasteiger partial charge in [-0.2, -0.15) is 4.72 Å². The van der Waals surface area contributed by atoms with Crippen molar-refractivity contribution in [1.29, 1.82) is 0 Å². The predicted octanol–water partition coefficient (Wildman–Crippen LogP) is 1.15. The molecule has 0 unspecified atom stereocenters. The van der Waals surface area contributed by atoms with Crippen LogP contribution < -0.4 is 4.72 Å². The summed E-state index contributed by atoms with van der Waals surface area (Å²) < 4.78 is 26.5. The monoisotopic (exact) mass is 414 g/mol. The molecule has 0 spiro atoms. The molecule has 110 valence electrons. The number of nitro groups is 1. The maximum atomic E-state index is 12.1. The average Bonchev–Trinajstić information content (AvgIpc) is 2.38. The third kappa shape index (κ3) is 4.11. The van der Waals surface area contributed by atoms with E-state index in [-0.39, 0.29) is 6.42 Å². The first-order valence-electron chi connectivity index (χ1n) is 5.34. The molecule has 1 rings (SSSR count). The van der Waals surface area contributed by atoms with Crippen LogP contribution in [-0.4, -0.2) is 34.9 Å². The Morgan fingerprint density at radius 2 is 2.05 bits per heavy atom. The molecule has 0 aromatic heterocycles. The molecule has 0 bridgehead atoms. The van der Waals surface area contributed by atoms with Crippen molar-refractivity contribution in [3.63, 3.8) is 0 Å². The number of hydrogen-bond donors (Lipinski definition) is 2. The van der Waals surface area contributed by atoms with Gasteiger partial charge in [-0.25, -0.2) is 8.42 Å². The van der Waals surface area contributed by atoms with E-state index < -0.39 is 37.5 Å². The van der Waals surface area contributed by atoms with Gasteiger partial charge in [0.2, 0.25) is 10.0 Å². The van der Waals surface area contributed by atoms with Crippen LogP contribution in [0.4, 0.5) is 5.69 Å². The number of rotatable bonds is 7. The van der Waals surface area contributed by atoms with Gasteiger partial charge in [-0.3, -0.25) is 14.9 Å². The molecule has 10 heteroatoms. The van der Waals surface area contributed by atoms with Crippen molar-refractivity contribution in [1.82, 2.24) is 4.72 Å². The normalized spacial score (nSPS) is 12.8. The topological polar surface area (TPSA) is 127 Å². The van der Waals surface area contributed by atoms with Crippen molar-refractivity contribution in [2.24, 2.45) is 0 Å². The van der Waals surface area contributed by atoms with Gasteiger partial charge in [0.05, 0.1) is 4.92 Å². The summed E-state index contributed by atoms with van der Waals surface area (Å²) in [6, 6.07) is 3.44. The Labute approximate surface area is 128 Å². The third-order valence-corrected chi connectivity index (χ3v) is 4.49. The standard InChI is InChI=1S/C10H11IN2O6S/c11-6-5-7(10(14)15)12-20(18,19)9-4-2-1-3-8(9)13(16)17/h1-4,7,12H,5-6H2,(H,14,15)/t7-/m0/s1. The van der Waals surface area contributed by atoms with Gasteiger partial charge in [-0.15, -0.1) is 0 Å². The van der Waals surface area contributed by atoms with Crippen molar-refractivity contribution in [3.8, 4) is 0 Å². The Bertz CT molecular complexity index is 618. The minimum Gasteiger partial charge on any atom is -0.480 e. The molecule has 1 aromatic rings. The first-order valence-corrected chi connectivity index (χ1v) is 8.35. The first-order chi connectivity index (χ1) is 9.29. The first kappa shape index (κ1) is 16.8. The maximum absolute atomic E-state index is 12.1. The van der Waals surface area contributed by atoms with Gasteiger partial charge in [-0.1, -0.05) is 34.7 Å². The van der Waals surface area contributed by atoms with Gasteiger partial charge < -0.3 is 5.11 Å². The second-order valence-electron chi connectivity index (χ2n) is 3.71. The molecule has 0 saturated carbocycles. The number of para-hydroxylation sites is 1. The third-order valence-electron chi connectivity index (χ3n) is 2.34. The molecule has 0 amide bonds.